The molecule has 0 saturated carbocycles. The molecule has 2 N–H and O–H groups in total. The maximum absolute atomic E-state index is 12.6. The number of aromatic hydroxyl groups is 1. The van der Waals surface area contributed by atoms with Crippen LogP contribution in [0.5, 0.6) is 11.5 Å². The molecule has 3 rings (SSSR count). The number of rotatable bonds is 5. The molecular formula is C19H15BrN2O4S2. The van der Waals surface area contributed by atoms with Crippen molar-refractivity contribution in [1.29, 1.82) is 0 Å². The van der Waals surface area contributed by atoms with Crippen LogP contribution in [0.2, 0.25) is 0 Å². The van der Waals surface area contributed by atoms with E-state index < -0.39 is 0 Å². The Morgan fingerprint density at radius 2 is 2.04 bits per heavy atom. The Balaban J connectivity index is 1.70. The number of benzene rings is 2. The lowest BCUT2D eigenvalue weighted by atomic mass is 10.2. The van der Waals surface area contributed by atoms with Crippen molar-refractivity contribution < 1.29 is 19.4 Å². The van der Waals surface area contributed by atoms with Crippen molar-refractivity contribution >= 4 is 67.8 Å². The molecule has 0 aliphatic carbocycles. The summed E-state index contributed by atoms with van der Waals surface area (Å²) in [5.41, 5.74) is 1.07. The largest absolute Gasteiger partial charge is 0.507 e. The lowest BCUT2D eigenvalue weighted by Gasteiger charge is -2.14. The Hall–Kier alpha value is -2.36. The van der Waals surface area contributed by atoms with Gasteiger partial charge in [0.2, 0.25) is 5.91 Å². The third-order valence-electron chi connectivity index (χ3n) is 3.83. The van der Waals surface area contributed by atoms with Crippen molar-refractivity contribution in [2.24, 2.45) is 0 Å². The van der Waals surface area contributed by atoms with E-state index in [0.717, 1.165) is 16.2 Å². The lowest BCUT2D eigenvalue weighted by Crippen LogP contribution is -2.36. The van der Waals surface area contributed by atoms with Crippen molar-refractivity contribution in [3.8, 4) is 11.5 Å². The first kappa shape index (κ1) is 20.4. The van der Waals surface area contributed by atoms with Crippen LogP contribution in [0.25, 0.3) is 6.08 Å². The van der Waals surface area contributed by atoms with Gasteiger partial charge in [-0.2, -0.15) is 0 Å². The topological polar surface area (TPSA) is 78.9 Å². The van der Waals surface area contributed by atoms with Crippen LogP contribution < -0.4 is 10.1 Å². The number of halogens is 1. The molecule has 2 aromatic rings. The summed E-state index contributed by atoms with van der Waals surface area (Å²) < 4.78 is 6.13. The van der Waals surface area contributed by atoms with E-state index in [1.165, 1.54) is 11.0 Å². The van der Waals surface area contributed by atoms with Crippen molar-refractivity contribution in [2.45, 2.75) is 0 Å². The van der Waals surface area contributed by atoms with Gasteiger partial charge < -0.3 is 15.2 Å². The third kappa shape index (κ3) is 4.73. The second-order valence-corrected chi connectivity index (χ2v) is 8.34. The van der Waals surface area contributed by atoms with Gasteiger partial charge in [-0.05, 0) is 48.5 Å². The molecule has 6 nitrogen and oxygen atoms in total. The van der Waals surface area contributed by atoms with Gasteiger partial charge >= 0.3 is 0 Å². The molecule has 1 saturated heterocycles. The molecule has 0 bridgehead atoms. The number of ether oxygens (including phenoxy) is 1. The predicted molar refractivity (Wildman–Crippen MR) is 117 cm³/mol. The van der Waals surface area contributed by atoms with E-state index in [1.807, 2.05) is 0 Å². The smallest absolute Gasteiger partial charge is 0.266 e. The Morgan fingerprint density at radius 3 is 2.71 bits per heavy atom. The predicted octanol–water partition coefficient (Wildman–Crippen LogP) is 4.00. The third-order valence-corrected chi connectivity index (χ3v) is 5.70. The number of nitrogens with one attached hydrogen (secondary N) is 1. The number of hydrogen-bond donors (Lipinski definition) is 2. The van der Waals surface area contributed by atoms with Gasteiger partial charge in [0.15, 0.2) is 0 Å². The second-order valence-electron chi connectivity index (χ2n) is 5.75. The molecule has 28 heavy (non-hydrogen) atoms. The van der Waals surface area contributed by atoms with Crippen LogP contribution in [0.1, 0.15) is 5.56 Å². The molecule has 2 amide bonds. The summed E-state index contributed by atoms with van der Waals surface area (Å²) in [7, 11) is 1.56. The summed E-state index contributed by atoms with van der Waals surface area (Å²) in [5, 5.41) is 12.7. The summed E-state index contributed by atoms with van der Waals surface area (Å²) in [6, 6.07) is 11.8. The molecule has 0 spiro atoms. The molecule has 0 aromatic heterocycles. The maximum Gasteiger partial charge on any atom is 0.266 e. The molecular weight excluding hydrogens is 464 g/mol. The molecule has 1 fully saturated rings. The molecule has 144 valence electrons. The fraction of sp³-hybridized carbons (Fsp3) is 0.105. The van der Waals surface area contributed by atoms with Gasteiger partial charge in [-0.15, -0.1) is 0 Å². The van der Waals surface area contributed by atoms with E-state index in [9.17, 15) is 14.7 Å². The quantitative estimate of drug-likeness (QED) is 0.499. The van der Waals surface area contributed by atoms with Gasteiger partial charge in [-0.1, -0.05) is 39.9 Å². The number of nitrogens with zero attached hydrogens (tertiary/aromatic N) is 1. The van der Waals surface area contributed by atoms with E-state index in [4.69, 9.17) is 17.0 Å². The van der Waals surface area contributed by atoms with Crippen LogP contribution in [0, 0.1) is 0 Å². The molecule has 0 radical (unpaired) electrons. The maximum atomic E-state index is 12.6. The Bertz CT molecular complexity index is 976. The summed E-state index contributed by atoms with van der Waals surface area (Å²) >= 11 is 9.66. The van der Waals surface area contributed by atoms with Gasteiger partial charge in [0, 0.05) is 15.7 Å². The van der Waals surface area contributed by atoms with Crippen molar-refractivity contribution in [3.63, 3.8) is 0 Å². The molecule has 1 aliphatic heterocycles. The highest BCUT2D eigenvalue weighted by Gasteiger charge is 2.33. The van der Waals surface area contributed by atoms with E-state index in [0.29, 0.717) is 21.9 Å². The van der Waals surface area contributed by atoms with Gasteiger partial charge in [-0.3, -0.25) is 14.5 Å². The van der Waals surface area contributed by atoms with Crippen LogP contribution in [0.15, 0.2) is 51.8 Å². The number of carbonyl (C=O) groups is 2. The van der Waals surface area contributed by atoms with Crippen LogP contribution >= 0.6 is 39.9 Å². The number of thioether (sulfide) groups is 1. The fourth-order valence-electron chi connectivity index (χ4n) is 2.44. The highest BCUT2D eigenvalue weighted by Crippen LogP contribution is 2.34. The first-order valence-corrected chi connectivity index (χ1v) is 10.1. The fourth-order valence-corrected chi connectivity index (χ4v) is 4.06. The van der Waals surface area contributed by atoms with E-state index in [-0.39, 0.29) is 28.4 Å². The van der Waals surface area contributed by atoms with Crippen LogP contribution in [0.4, 0.5) is 5.69 Å². The van der Waals surface area contributed by atoms with Gasteiger partial charge in [0.25, 0.3) is 5.91 Å². The summed E-state index contributed by atoms with van der Waals surface area (Å²) in [4.78, 5) is 26.5. The number of phenolic OH excluding ortho intramolecular Hbond substituents is 1. The molecule has 2 aromatic carbocycles. The summed E-state index contributed by atoms with van der Waals surface area (Å²) in [6.45, 7) is -0.196. The Morgan fingerprint density at radius 1 is 1.32 bits per heavy atom. The summed E-state index contributed by atoms with van der Waals surface area (Å²) in [5.74, 6) is -0.0196. The van der Waals surface area contributed by atoms with Crippen molar-refractivity contribution in [3.05, 3.63) is 57.4 Å². The number of hydrogen-bond acceptors (Lipinski definition) is 6. The number of carbonyl (C=O) groups excluding carboxylic acids is 2. The van der Waals surface area contributed by atoms with Gasteiger partial charge in [0.05, 0.1) is 12.0 Å². The highest BCUT2D eigenvalue weighted by atomic mass is 79.9. The molecule has 0 atom stereocenters. The molecule has 1 heterocycles. The number of amides is 2. The van der Waals surface area contributed by atoms with E-state index in [2.05, 4.69) is 21.2 Å². The molecule has 1 aliphatic rings. The number of anilines is 1. The average molecular weight is 479 g/mol. The zero-order valence-corrected chi connectivity index (χ0v) is 17.9. The lowest BCUT2D eigenvalue weighted by molar-refractivity contribution is -0.126. The standard InChI is InChI=1S/C19H15BrN2O4S2/c1-26-14-5-3-13(4-6-14)21-17(24)10-22-18(25)16(28-19(22)27)9-11-8-12(20)2-7-15(11)23/h2-9,23H,10H2,1H3,(H,21,24)/b16-9-. The normalized spacial score (nSPS) is 15.2. The van der Waals surface area contributed by atoms with Gasteiger partial charge in [0.1, 0.15) is 22.4 Å². The first-order valence-electron chi connectivity index (χ1n) is 8.05. The monoisotopic (exact) mass is 478 g/mol. The van der Waals surface area contributed by atoms with Crippen LogP contribution in [-0.2, 0) is 9.59 Å². The number of phenols is 1. The number of thiocarbonyl (C=S) groups is 1. The van der Waals surface area contributed by atoms with Crippen LogP contribution in [0.3, 0.4) is 0 Å². The average Bonchev–Trinajstić information content (AvgIpc) is 2.92. The van der Waals surface area contributed by atoms with E-state index >= 15 is 0 Å². The van der Waals surface area contributed by atoms with Crippen molar-refractivity contribution in [2.75, 3.05) is 19.0 Å². The first-order chi connectivity index (χ1) is 13.4. The second kappa shape index (κ2) is 8.76. The van der Waals surface area contributed by atoms with Gasteiger partial charge in [-0.25, -0.2) is 0 Å². The summed E-state index contributed by atoms with van der Waals surface area (Å²) in [6.07, 6.45) is 1.56. The zero-order chi connectivity index (χ0) is 20.3. The number of methoxy groups -OCH3 is 1. The molecule has 0 unspecified atom stereocenters. The minimum atomic E-state index is -0.376. The minimum absolute atomic E-state index is 0.0470. The van der Waals surface area contributed by atoms with Crippen LogP contribution in [-0.4, -0.2) is 39.8 Å². The minimum Gasteiger partial charge on any atom is -0.507 e. The SMILES string of the molecule is COc1ccc(NC(=O)CN2C(=O)/C(=C/c3cc(Br)ccc3O)SC2=S)cc1. The molecule has 9 heteroatoms. The zero-order valence-electron chi connectivity index (χ0n) is 14.6. The van der Waals surface area contributed by atoms with E-state index in [1.54, 1.807) is 49.6 Å². The Labute approximate surface area is 179 Å². The Kier molecular flexibility index (Phi) is 6.38. The van der Waals surface area contributed by atoms with Crippen molar-refractivity contribution in [1.82, 2.24) is 4.90 Å². The highest BCUT2D eigenvalue weighted by molar-refractivity contribution is 9.10.